The van der Waals surface area contributed by atoms with Gasteiger partial charge in [0.05, 0.1) is 16.3 Å². The van der Waals surface area contributed by atoms with Gasteiger partial charge in [0.15, 0.2) is 0 Å². The van der Waals surface area contributed by atoms with Crippen molar-refractivity contribution in [2.75, 3.05) is 4.72 Å². The molecule has 184 valence electrons. The lowest BCUT2D eigenvalue weighted by Gasteiger charge is -2.10. The Hall–Kier alpha value is -3.96. The second-order valence-corrected chi connectivity index (χ2v) is 10.3. The number of aliphatic imine (C=N–C) groups is 1. The average molecular weight is 569 g/mol. The second-order valence-electron chi connectivity index (χ2n) is 7.72. The molecule has 9 nitrogen and oxygen atoms in total. The average Bonchev–Trinajstić information content (AvgIpc) is 2.86. The first-order chi connectivity index (χ1) is 17.2. The third-order valence-electron chi connectivity index (χ3n) is 5.28. The number of H-pyrrole nitrogens is 1. The number of aryl methyl sites for hydroxylation is 1. The topological polar surface area (TPSA) is 134 Å². The van der Waals surface area contributed by atoms with E-state index in [1.54, 1.807) is 24.3 Å². The van der Waals surface area contributed by atoms with Crippen molar-refractivity contribution in [3.05, 3.63) is 115 Å². The summed E-state index contributed by atoms with van der Waals surface area (Å²) >= 11 is 3.30. The first kappa shape index (κ1) is 25.1. The van der Waals surface area contributed by atoms with E-state index in [-0.39, 0.29) is 17.0 Å². The van der Waals surface area contributed by atoms with Crippen LogP contribution in [0.2, 0.25) is 0 Å². The Morgan fingerprint density at radius 1 is 0.972 bits per heavy atom. The molecule has 0 fully saturated rings. The summed E-state index contributed by atoms with van der Waals surface area (Å²) in [5, 5.41) is 10.6. The number of sulfonamides is 1. The van der Waals surface area contributed by atoms with E-state index in [4.69, 9.17) is 0 Å². The third kappa shape index (κ3) is 5.81. The Kier molecular flexibility index (Phi) is 7.51. The number of para-hydroxylation sites is 1. The fourth-order valence-corrected chi connectivity index (χ4v) is 4.98. The van der Waals surface area contributed by atoms with Crippen molar-refractivity contribution in [3.63, 3.8) is 0 Å². The summed E-state index contributed by atoms with van der Waals surface area (Å²) in [5.74, 6) is -0.500. The molecule has 3 aromatic carbocycles. The number of hydrogen-bond acceptors (Lipinski definition) is 6. The van der Waals surface area contributed by atoms with Crippen molar-refractivity contribution < 1.29 is 13.5 Å². The van der Waals surface area contributed by atoms with Gasteiger partial charge in [-0.05, 0) is 64.3 Å². The first-order valence-electron chi connectivity index (χ1n) is 10.8. The molecule has 1 heterocycles. The quantitative estimate of drug-likeness (QED) is 0.278. The second kappa shape index (κ2) is 10.8. The summed E-state index contributed by atoms with van der Waals surface area (Å²) in [6, 6.07) is 21.9. The number of aromatic hydroxyl groups is 1. The molecule has 0 unspecified atom stereocenters. The van der Waals surface area contributed by atoms with Gasteiger partial charge in [-0.2, -0.15) is 0 Å². The molecule has 0 bridgehead atoms. The highest BCUT2D eigenvalue weighted by Gasteiger charge is 2.16. The molecule has 0 atom stereocenters. The van der Waals surface area contributed by atoms with Crippen LogP contribution < -0.4 is 16.0 Å². The minimum Gasteiger partial charge on any atom is -0.494 e. The van der Waals surface area contributed by atoms with Crippen LogP contribution in [0.1, 0.15) is 11.1 Å². The van der Waals surface area contributed by atoms with Gasteiger partial charge in [0.2, 0.25) is 5.88 Å². The zero-order valence-electron chi connectivity index (χ0n) is 18.8. The lowest BCUT2D eigenvalue weighted by Crippen LogP contribution is -2.32. The zero-order chi connectivity index (χ0) is 25.7. The van der Waals surface area contributed by atoms with Gasteiger partial charge in [0, 0.05) is 17.2 Å². The van der Waals surface area contributed by atoms with Gasteiger partial charge >= 0.3 is 5.69 Å². The van der Waals surface area contributed by atoms with Gasteiger partial charge in [-0.25, -0.2) is 13.2 Å². The number of aromatic nitrogens is 2. The largest absolute Gasteiger partial charge is 0.494 e. The highest BCUT2D eigenvalue weighted by Crippen LogP contribution is 2.25. The molecular weight excluding hydrogens is 548 g/mol. The zero-order valence-corrected chi connectivity index (χ0v) is 21.2. The van der Waals surface area contributed by atoms with E-state index in [0.717, 1.165) is 16.3 Å². The molecule has 0 radical (unpaired) electrons. The molecule has 0 spiro atoms. The van der Waals surface area contributed by atoms with Crippen LogP contribution in [0.5, 0.6) is 5.88 Å². The molecule has 0 aliphatic heterocycles. The Bertz CT molecular complexity index is 1630. The summed E-state index contributed by atoms with van der Waals surface area (Å²) in [6.07, 6.45) is 1.61. The molecule has 0 aliphatic carbocycles. The van der Waals surface area contributed by atoms with Crippen molar-refractivity contribution in [1.29, 1.82) is 0 Å². The molecule has 1 aromatic heterocycles. The molecule has 11 heteroatoms. The molecule has 0 aliphatic rings. The molecule has 0 saturated heterocycles. The van der Waals surface area contributed by atoms with Crippen molar-refractivity contribution in [1.82, 2.24) is 9.55 Å². The van der Waals surface area contributed by atoms with Crippen LogP contribution in [0, 0.1) is 0 Å². The highest BCUT2D eigenvalue weighted by atomic mass is 79.9. The number of nitrogens with one attached hydrogen (secondary N) is 2. The standard InChI is InChI=1S/C25H21BrN4O5S/c26-21-8-4-5-9-22(21)29-36(34,35)19-12-10-18(11-13-19)27-16-20-23(31)28-25(33)30(24(20)32)15-14-17-6-2-1-3-7-17/h1-13,16,29,32H,14-15H2,(H,28,31,33). The van der Waals surface area contributed by atoms with E-state index < -0.39 is 27.2 Å². The number of anilines is 1. The monoisotopic (exact) mass is 568 g/mol. The molecule has 0 amide bonds. The van der Waals surface area contributed by atoms with Gasteiger partial charge in [-0.3, -0.25) is 24.1 Å². The predicted molar refractivity (Wildman–Crippen MR) is 142 cm³/mol. The summed E-state index contributed by atoms with van der Waals surface area (Å²) in [4.78, 5) is 30.9. The summed E-state index contributed by atoms with van der Waals surface area (Å²) in [6.45, 7) is 0.156. The van der Waals surface area contributed by atoms with E-state index in [9.17, 15) is 23.1 Å². The Morgan fingerprint density at radius 3 is 2.33 bits per heavy atom. The van der Waals surface area contributed by atoms with Crippen molar-refractivity contribution >= 4 is 43.5 Å². The summed E-state index contributed by atoms with van der Waals surface area (Å²) in [7, 11) is -3.84. The minimum absolute atomic E-state index is 0.0207. The van der Waals surface area contributed by atoms with Gasteiger partial charge in [-0.1, -0.05) is 42.5 Å². The predicted octanol–water partition coefficient (Wildman–Crippen LogP) is 3.80. The van der Waals surface area contributed by atoms with Crippen LogP contribution in [-0.4, -0.2) is 29.3 Å². The molecule has 3 N–H and O–H groups in total. The Balaban J connectivity index is 1.54. The lowest BCUT2D eigenvalue weighted by atomic mass is 10.1. The number of rotatable bonds is 8. The molecule has 4 aromatic rings. The lowest BCUT2D eigenvalue weighted by molar-refractivity contribution is 0.399. The number of benzene rings is 3. The summed E-state index contributed by atoms with van der Waals surface area (Å²) in [5.41, 5.74) is 0.0171. The van der Waals surface area contributed by atoms with Crippen LogP contribution in [0.15, 0.2) is 103 Å². The fourth-order valence-electron chi connectivity index (χ4n) is 3.38. The van der Waals surface area contributed by atoms with Crippen molar-refractivity contribution in [2.24, 2.45) is 4.99 Å². The molecule has 4 rings (SSSR count). The maximum absolute atomic E-state index is 12.7. The van der Waals surface area contributed by atoms with E-state index in [2.05, 4.69) is 30.6 Å². The fraction of sp³-hybridized carbons (Fsp3) is 0.0800. The normalized spacial score (nSPS) is 11.6. The van der Waals surface area contributed by atoms with E-state index in [1.807, 2.05) is 30.3 Å². The van der Waals surface area contributed by atoms with Crippen LogP contribution in [0.25, 0.3) is 0 Å². The van der Waals surface area contributed by atoms with Crippen LogP contribution in [0.4, 0.5) is 11.4 Å². The summed E-state index contributed by atoms with van der Waals surface area (Å²) < 4.78 is 29.5. The number of hydrogen-bond donors (Lipinski definition) is 3. The van der Waals surface area contributed by atoms with Crippen LogP contribution >= 0.6 is 15.9 Å². The number of nitrogens with zero attached hydrogens (tertiary/aromatic N) is 2. The van der Waals surface area contributed by atoms with Gasteiger partial charge < -0.3 is 5.11 Å². The van der Waals surface area contributed by atoms with Crippen LogP contribution in [-0.2, 0) is 23.0 Å². The maximum atomic E-state index is 12.7. The molecule has 36 heavy (non-hydrogen) atoms. The Labute approximate surface area is 215 Å². The minimum atomic E-state index is -3.84. The molecule has 0 saturated carbocycles. The Morgan fingerprint density at radius 2 is 1.64 bits per heavy atom. The number of halogens is 1. The van der Waals surface area contributed by atoms with E-state index in [1.165, 1.54) is 24.3 Å². The van der Waals surface area contributed by atoms with Gasteiger partial charge in [-0.15, -0.1) is 0 Å². The smallest absolute Gasteiger partial charge is 0.331 e. The van der Waals surface area contributed by atoms with E-state index in [0.29, 0.717) is 22.3 Å². The van der Waals surface area contributed by atoms with Gasteiger partial charge in [0.25, 0.3) is 15.6 Å². The third-order valence-corrected chi connectivity index (χ3v) is 7.35. The molecular formula is C25H21BrN4O5S. The van der Waals surface area contributed by atoms with Crippen molar-refractivity contribution in [3.8, 4) is 5.88 Å². The van der Waals surface area contributed by atoms with Crippen LogP contribution in [0.3, 0.4) is 0 Å². The van der Waals surface area contributed by atoms with Crippen molar-refractivity contribution in [2.45, 2.75) is 17.9 Å². The van der Waals surface area contributed by atoms with E-state index >= 15 is 0 Å². The highest BCUT2D eigenvalue weighted by molar-refractivity contribution is 9.10. The SMILES string of the molecule is O=c1[nH]c(=O)n(CCc2ccccc2)c(O)c1C=Nc1ccc(S(=O)(=O)Nc2ccccc2Br)cc1. The number of aromatic amines is 1. The maximum Gasteiger partial charge on any atom is 0.331 e. The first-order valence-corrected chi connectivity index (χ1v) is 13.0. The van der Waals surface area contributed by atoms with Gasteiger partial charge in [0.1, 0.15) is 5.56 Å².